The summed E-state index contributed by atoms with van der Waals surface area (Å²) < 4.78 is 28.0. The molecule has 1 amide bonds. The lowest BCUT2D eigenvalue weighted by atomic mass is 10.0. The van der Waals surface area contributed by atoms with Crippen LogP contribution in [0.25, 0.3) is 21.8 Å². The Labute approximate surface area is 575 Å². The van der Waals surface area contributed by atoms with Crippen LogP contribution in [0.2, 0.25) is 0 Å². The number of aryl methyl sites for hydroxylation is 2. The molecule has 14 rings (SSSR count). The number of ether oxygens (including phenoxy) is 5. The number of aromatic amines is 2. The molecule has 2 N–H and O–H groups in total. The van der Waals surface area contributed by atoms with Crippen molar-refractivity contribution >= 4 is 117 Å². The second-order valence-electron chi connectivity index (χ2n) is 23.8. The Kier molecular flexibility index (Phi) is 28.2. The summed E-state index contributed by atoms with van der Waals surface area (Å²) >= 11 is 0. The summed E-state index contributed by atoms with van der Waals surface area (Å²) in [6, 6.07) is 10.7. The molecule has 0 spiro atoms. The average molecular weight is 1360 g/mol. The molecule has 0 aliphatic carbocycles. The molecular weight excluding hydrogens is 1260 g/mol. The van der Waals surface area contributed by atoms with E-state index in [9.17, 15) is 14.4 Å². The van der Waals surface area contributed by atoms with Crippen molar-refractivity contribution in [2.75, 3.05) is 125 Å². The number of carbonyl (C=O) groups is 3. The van der Waals surface area contributed by atoms with E-state index in [0.717, 1.165) is 169 Å². The van der Waals surface area contributed by atoms with Gasteiger partial charge in [0.15, 0.2) is 0 Å². The van der Waals surface area contributed by atoms with Gasteiger partial charge >= 0.3 is 24.0 Å². The third kappa shape index (κ3) is 17.3. The summed E-state index contributed by atoms with van der Waals surface area (Å²) in [5.41, 5.74) is 11.6. The summed E-state index contributed by atoms with van der Waals surface area (Å²) in [7, 11) is 0. The molecule has 4 aromatic heterocycles. The monoisotopic (exact) mass is 1360 g/mol. The molecule has 508 valence electrons. The first-order valence-corrected chi connectivity index (χ1v) is 31.0. The van der Waals surface area contributed by atoms with E-state index in [4.69, 9.17) is 38.9 Å². The first kappa shape index (κ1) is 75.4. The van der Waals surface area contributed by atoms with Crippen molar-refractivity contribution in [1.82, 2.24) is 55.0 Å². The highest BCUT2D eigenvalue weighted by Crippen LogP contribution is 2.39. The maximum absolute atomic E-state index is 12.2. The van der Waals surface area contributed by atoms with Crippen molar-refractivity contribution in [3.63, 3.8) is 0 Å². The fraction of sp³-hybridized carbons (Fsp3) is 0.530. The largest absolute Gasteiger partial charge is 0.463 e. The van der Waals surface area contributed by atoms with Crippen LogP contribution in [0.1, 0.15) is 93.4 Å². The van der Waals surface area contributed by atoms with Gasteiger partial charge in [0.05, 0.1) is 97.9 Å². The second-order valence-corrected chi connectivity index (χ2v) is 23.8. The van der Waals surface area contributed by atoms with Gasteiger partial charge in [-0.25, -0.2) is 9.59 Å². The van der Waals surface area contributed by atoms with E-state index >= 15 is 0 Å². The van der Waals surface area contributed by atoms with Gasteiger partial charge in [-0.15, -0.1) is 0 Å². The fourth-order valence-electron chi connectivity index (χ4n) is 13.8. The summed E-state index contributed by atoms with van der Waals surface area (Å²) in [4.78, 5) is 69.0. The van der Waals surface area contributed by atoms with Gasteiger partial charge in [0, 0.05) is 125 Å². The molecule has 27 heteroatoms. The SMILES string of the molecule is C.C.C=CC(=O)N1CCN(c2nc(OCCCN3C[C@@H]4C[C@H]3CO4)nc3c2CCN(c2c(C)ccc4[nH]ncc24)C3)CC1.C=CC(=O)OC(=O)C=C.Cc1ccc2[nH]ncc2c1N1CCc2c(nc(OCCCN3C[C@@H]4C[C@H]3CO4)nc2N2CCCCC2)C1.S.S.S.S. The standard InChI is InChI=1S/C30H38N8O3.C28H37N7O2.C6H6O3.2CH4.4H2S/c1-3-27(39)35-10-12-36(13-11-35)29-23-7-9-38(28-20(2)5-6-25-24(28)16-31-34-25)18-26(23)32-30(33-29)40-14-4-8-37-17-22-15-21(37)19-41-22;1-19-6-7-24-23(15-29-32-24)26(19)35-12-8-22-25(17-35)30-28(31-27(22)33-9-3-2-4-10-33)36-13-5-11-34-16-21-14-20(34)18-37-21;1-3-5(7)9-6(8)4-2;;;;;;/h3,5-6,16,21-22H,1,4,7-15,17-19H2,2H3,(H,31,34);6-7,15,20-21H,2-5,8-14,16-18H2,1H3,(H,29,32);3-4H,1-2H2;2*1H4;4*1H2/t21-,22-;20-,21-;;;;;;;/m00......./s1. The maximum atomic E-state index is 12.2. The molecule has 0 radical (unpaired) electrons. The number of amides is 1. The smallest absolute Gasteiger partial charge is 0.338 e. The van der Waals surface area contributed by atoms with Crippen LogP contribution >= 0.6 is 54.0 Å². The van der Waals surface area contributed by atoms with Crippen molar-refractivity contribution in [3.05, 3.63) is 108 Å². The van der Waals surface area contributed by atoms with Crippen molar-refractivity contribution in [3.8, 4) is 12.0 Å². The lowest BCUT2D eigenvalue weighted by molar-refractivity contribution is -0.152. The predicted octanol–water partition coefficient (Wildman–Crippen LogP) is 7.91. The van der Waals surface area contributed by atoms with E-state index in [1.807, 2.05) is 17.3 Å². The third-order valence-corrected chi connectivity index (χ3v) is 18.2. The predicted molar refractivity (Wildman–Crippen MR) is 386 cm³/mol. The van der Waals surface area contributed by atoms with Gasteiger partial charge in [-0.2, -0.15) is 84.1 Å². The Balaban J connectivity index is 0.000000247. The number of aromatic nitrogens is 8. The molecule has 12 heterocycles. The van der Waals surface area contributed by atoms with E-state index in [0.29, 0.717) is 69.2 Å². The zero-order valence-corrected chi connectivity index (χ0v) is 56.3. The number of H-pyrrole nitrogens is 2. The van der Waals surface area contributed by atoms with Crippen molar-refractivity contribution < 1.29 is 38.1 Å². The molecule has 4 bridgehead atoms. The van der Waals surface area contributed by atoms with Gasteiger partial charge in [-0.1, -0.05) is 46.7 Å². The summed E-state index contributed by atoms with van der Waals surface area (Å²) in [6.45, 7) is 29.4. The van der Waals surface area contributed by atoms with Crippen LogP contribution in [0.5, 0.6) is 12.0 Å². The molecule has 23 nitrogen and oxygen atoms in total. The zero-order valence-electron chi connectivity index (χ0n) is 52.3. The highest BCUT2D eigenvalue weighted by molar-refractivity contribution is 7.59. The van der Waals surface area contributed by atoms with E-state index in [1.165, 1.54) is 70.8 Å². The van der Waals surface area contributed by atoms with Crippen LogP contribution in [0.15, 0.2) is 74.6 Å². The second kappa shape index (κ2) is 34.7. The van der Waals surface area contributed by atoms with Gasteiger partial charge in [0.25, 0.3) is 0 Å². The molecule has 8 aliphatic heterocycles. The van der Waals surface area contributed by atoms with E-state index in [-0.39, 0.29) is 74.7 Å². The van der Waals surface area contributed by atoms with Gasteiger partial charge in [0.1, 0.15) is 11.6 Å². The number of nitrogens with one attached hydrogen (secondary N) is 2. The molecule has 6 fully saturated rings. The summed E-state index contributed by atoms with van der Waals surface area (Å²) in [6.07, 6.45) is 17.7. The lowest BCUT2D eigenvalue weighted by Gasteiger charge is -2.38. The van der Waals surface area contributed by atoms with Crippen molar-refractivity contribution in [2.24, 2.45) is 0 Å². The lowest BCUT2D eigenvalue weighted by Crippen LogP contribution is -2.49. The number of carbonyl (C=O) groups excluding carboxylic acids is 3. The van der Waals surface area contributed by atoms with Crippen LogP contribution in [-0.4, -0.2) is 202 Å². The van der Waals surface area contributed by atoms with Gasteiger partial charge in [-0.05, 0) is 101 Å². The van der Waals surface area contributed by atoms with Gasteiger partial charge < -0.3 is 48.2 Å². The Bertz CT molecular complexity index is 3490. The van der Waals surface area contributed by atoms with E-state index in [2.05, 4.69) is 112 Å². The van der Waals surface area contributed by atoms with Crippen molar-refractivity contribution in [1.29, 1.82) is 0 Å². The number of benzene rings is 2. The van der Waals surface area contributed by atoms with Gasteiger partial charge in [0.2, 0.25) is 5.91 Å². The maximum Gasteiger partial charge on any atom is 0.338 e. The minimum absolute atomic E-state index is 0. The molecule has 6 aromatic rings. The molecule has 2 aromatic carbocycles. The zero-order chi connectivity index (χ0) is 60.0. The Morgan fingerprint density at radius 3 is 1.44 bits per heavy atom. The number of hydrogen-bond acceptors (Lipinski definition) is 20. The fourth-order valence-corrected chi connectivity index (χ4v) is 13.8. The van der Waals surface area contributed by atoms with Crippen LogP contribution in [0, 0.1) is 13.8 Å². The number of morpholine rings is 2. The molecule has 8 aliphatic rings. The van der Waals surface area contributed by atoms with E-state index < -0.39 is 11.9 Å². The van der Waals surface area contributed by atoms with Crippen LogP contribution < -0.4 is 29.1 Å². The summed E-state index contributed by atoms with van der Waals surface area (Å²) in [5, 5.41) is 17.1. The number of likely N-dealkylation sites (tertiary alicyclic amines) is 2. The molecule has 0 unspecified atom stereocenters. The summed E-state index contributed by atoms with van der Waals surface area (Å²) in [5.74, 6) is 0.504. The topological polar surface area (TPSA) is 229 Å². The quantitative estimate of drug-likeness (QED) is 0.0382. The average Bonchev–Trinajstić information content (AvgIpc) is 1.41. The third-order valence-electron chi connectivity index (χ3n) is 18.2. The Morgan fingerprint density at radius 2 is 1.03 bits per heavy atom. The number of esters is 2. The molecule has 6 saturated heterocycles. The number of piperazine rings is 1. The number of hydrogen-bond donors (Lipinski definition) is 2. The first-order valence-electron chi connectivity index (χ1n) is 31.0. The molecule has 93 heavy (non-hydrogen) atoms. The highest BCUT2D eigenvalue weighted by Gasteiger charge is 2.40. The molecular formula is C66H97N15O8S4. The minimum Gasteiger partial charge on any atom is -0.463 e. The van der Waals surface area contributed by atoms with Gasteiger partial charge in [-0.3, -0.25) is 24.8 Å². The van der Waals surface area contributed by atoms with E-state index in [1.54, 1.807) is 0 Å². The van der Waals surface area contributed by atoms with Crippen molar-refractivity contribution in [2.45, 2.75) is 124 Å². The number of nitrogens with zero attached hydrogens (tertiary/aromatic N) is 13. The molecule has 0 saturated carbocycles. The number of fused-ring (bicyclic) bond motifs is 8. The Morgan fingerprint density at radius 1 is 0.581 bits per heavy atom. The molecule has 4 atom stereocenters. The Hall–Kier alpha value is -6.59. The number of anilines is 4. The minimum atomic E-state index is -0.764. The first-order chi connectivity index (χ1) is 42.5. The normalized spacial score (nSPS) is 20.0. The van der Waals surface area contributed by atoms with Crippen LogP contribution in [0.3, 0.4) is 0 Å². The van der Waals surface area contributed by atoms with Crippen LogP contribution in [0.4, 0.5) is 23.0 Å². The highest BCUT2D eigenvalue weighted by atomic mass is 32.1. The number of piperidine rings is 1. The van der Waals surface area contributed by atoms with Crippen LogP contribution in [-0.2, 0) is 54.5 Å². The number of rotatable bonds is 17.